The van der Waals surface area contributed by atoms with Crippen molar-refractivity contribution in [3.63, 3.8) is 0 Å². The van der Waals surface area contributed by atoms with Crippen LogP contribution in [-0.4, -0.2) is 46.0 Å². The number of unbranched alkanes of at least 4 members (excludes halogenated alkanes) is 1. The van der Waals surface area contributed by atoms with Crippen LogP contribution in [0.5, 0.6) is 0 Å². The maximum absolute atomic E-state index is 5.58. The van der Waals surface area contributed by atoms with E-state index in [4.69, 9.17) is 15.2 Å². The Morgan fingerprint density at radius 1 is 1.33 bits per heavy atom. The highest BCUT2D eigenvalue weighted by atomic mass is 16.5. The summed E-state index contributed by atoms with van der Waals surface area (Å²) in [7, 11) is 1.65. The smallest absolute Gasteiger partial charge is 0.188 e. The van der Waals surface area contributed by atoms with Crippen molar-refractivity contribution in [1.82, 2.24) is 5.32 Å². The molecule has 0 rings (SSSR count). The van der Waals surface area contributed by atoms with E-state index in [1.807, 2.05) is 0 Å². The molecule has 0 saturated carbocycles. The van der Waals surface area contributed by atoms with E-state index in [1.165, 1.54) is 0 Å². The first-order valence-electron chi connectivity index (χ1n) is 5.41. The summed E-state index contributed by atoms with van der Waals surface area (Å²) in [6, 6.07) is 0. The maximum atomic E-state index is 5.58. The molecule has 0 atom stereocenters. The van der Waals surface area contributed by atoms with Crippen LogP contribution >= 0.6 is 0 Å². The van der Waals surface area contributed by atoms with Crippen molar-refractivity contribution in [2.45, 2.75) is 19.8 Å². The second-order valence-corrected chi connectivity index (χ2v) is 3.15. The summed E-state index contributed by atoms with van der Waals surface area (Å²) in [6.45, 7) is 5.50. The molecule has 0 unspecified atom stereocenters. The molecule has 0 fully saturated rings. The molecule has 0 saturated heterocycles. The normalized spacial score (nSPS) is 11.7. The maximum Gasteiger partial charge on any atom is 0.188 e. The first kappa shape index (κ1) is 14.2. The lowest BCUT2D eigenvalue weighted by molar-refractivity contribution is 0.139. The average molecular weight is 217 g/mol. The molecule has 5 heteroatoms. The van der Waals surface area contributed by atoms with Crippen molar-refractivity contribution < 1.29 is 9.47 Å². The van der Waals surface area contributed by atoms with Gasteiger partial charge in [0.15, 0.2) is 5.96 Å². The summed E-state index contributed by atoms with van der Waals surface area (Å²) in [5.41, 5.74) is 5.58. The Balaban J connectivity index is 3.25. The highest BCUT2D eigenvalue weighted by Gasteiger charge is 1.90. The predicted molar refractivity (Wildman–Crippen MR) is 62.1 cm³/mol. The largest absolute Gasteiger partial charge is 0.383 e. The van der Waals surface area contributed by atoms with E-state index < -0.39 is 0 Å². The molecule has 0 aliphatic carbocycles. The third kappa shape index (κ3) is 11.1. The van der Waals surface area contributed by atoms with Crippen LogP contribution < -0.4 is 11.1 Å². The van der Waals surface area contributed by atoms with Gasteiger partial charge >= 0.3 is 0 Å². The van der Waals surface area contributed by atoms with Gasteiger partial charge in [-0.1, -0.05) is 13.3 Å². The highest BCUT2D eigenvalue weighted by molar-refractivity contribution is 5.77. The van der Waals surface area contributed by atoms with Crippen LogP contribution in [0.15, 0.2) is 4.99 Å². The van der Waals surface area contributed by atoms with Gasteiger partial charge in [0.25, 0.3) is 0 Å². The van der Waals surface area contributed by atoms with E-state index in [9.17, 15) is 0 Å². The number of rotatable bonds is 9. The van der Waals surface area contributed by atoms with E-state index in [2.05, 4.69) is 17.2 Å². The first-order valence-corrected chi connectivity index (χ1v) is 5.41. The summed E-state index contributed by atoms with van der Waals surface area (Å²) < 4.78 is 10.2. The standard InChI is InChI=1S/C10H23N3O2/c1-3-4-7-15-9-6-13-10(11)12-5-8-14-2/h3-9H2,1-2H3,(H3,11,12,13). The number of ether oxygens (including phenoxy) is 2. The molecular weight excluding hydrogens is 194 g/mol. The van der Waals surface area contributed by atoms with Gasteiger partial charge in [0.05, 0.1) is 19.8 Å². The Kier molecular flexibility index (Phi) is 10.7. The summed E-state index contributed by atoms with van der Waals surface area (Å²) >= 11 is 0. The number of nitrogens with zero attached hydrogens (tertiary/aromatic N) is 1. The molecule has 15 heavy (non-hydrogen) atoms. The van der Waals surface area contributed by atoms with Gasteiger partial charge in [-0.3, -0.25) is 4.99 Å². The number of hydrogen-bond acceptors (Lipinski definition) is 3. The predicted octanol–water partition coefficient (Wildman–Crippen LogP) is 0.354. The number of methoxy groups -OCH3 is 1. The lowest BCUT2D eigenvalue weighted by Crippen LogP contribution is -2.34. The molecule has 3 N–H and O–H groups in total. The van der Waals surface area contributed by atoms with Crippen LogP contribution in [0.1, 0.15) is 19.8 Å². The molecular formula is C10H23N3O2. The van der Waals surface area contributed by atoms with Crippen LogP contribution in [0.25, 0.3) is 0 Å². The number of aliphatic imine (C=N–C) groups is 1. The molecule has 0 aliphatic rings. The van der Waals surface area contributed by atoms with E-state index in [-0.39, 0.29) is 0 Å². The van der Waals surface area contributed by atoms with Gasteiger partial charge in [0.1, 0.15) is 0 Å². The molecule has 90 valence electrons. The van der Waals surface area contributed by atoms with Crippen molar-refractivity contribution >= 4 is 5.96 Å². The van der Waals surface area contributed by atoms with Crippen LogP contribution in [0, 0.1) is 0 Å². The quantitative estimate of drug-likeness (QED) is 0.332. The number of guanidine groups is 1. The van der Waals surface area contributed by atoms with E-state index >= 15 is 0 Å². The Bertz CT molecular complexity index is 163. The van der Waals surface area contributed by atoms with Crippen molar-refractivity contribution in [1.29, 1.82) is 0 Å². The molecule has 0 aromatic heterocycles. The SMILES string of the molecule is CCCCOCCN=C(N)NCCOC. The Labute approximate surface area is 92.0 Å². The van der Waals surface area contributed by atoms with Crippen LogP contribution in [-0.2, 0) is 9.47 Å². The summed E-state index contributed by atoms with van der Waals surface area (Å²) in [5.74, 6) is 0.450. The summed E-state index contributed by atoms with van der Waals surface area (Å²) in [5, 5.41) is 2.93. The van der Waals surface area contributed by atoms with Crippen molar-refractivity contribution in [3.8, 4) is 0 Å². The molecule has 0 heterocycles. The zero-order valence-corrected chi connectivity index (χ0v) is 9.79. The van der Waals surface area contributed by atoms with Gasteiger partial charge in [-0.15, -0.1) is 0 Å². The molecule has 0 aromatic carbocycles. The number of nitrogens with one attached hydrogen (secondary N) is 1. The van der Waals surface area contributed by atoms with Crippen LogP contribution in [0.4, 0.5) is 0 Å². The lowest BCUT2D eigenvalue weighted by atomic mass is 10.4. The summed E-state index contributed by atoms with van der Waals surface area (Å²) in [4.78, 5) is 4.10. The fraction of sp³-hybridized carbons (Fsp3) is 0.900. The van der Waals surface area contributed by atoms with Crippen LogP contribution in [0.2, 0.25) is 0 Å². The zero-order chi connectivity index (χ0) is 11.4. The minimum absolute atomic E-state index is 0.450. The minimum atomic E-state index is 0.450. The molecule has 0 radical (unpaired) electrons. The van der Waals surface area contributed by atoms with Crippen molar-refractivity contribution in [3.05, 3.63) is 0 Å². The van der Waals surface area contributed by atoms with Gasteiger partial charge in [-0.2, -0.15) is 0 Å². The van der Waals surface area contributed by atoms with Crippen LogP contribution in [0.3, 0.4) is 0 Å². The number of nitrogens with two attached hydrogens (primary N) is 1. The third-order valence-corrected chi connectivity index (χ3v) is 1.77. The second kappa shape index (κ2) is 11.3. The first-order chi connectivity index (χ1) is 7.31. The minimum Gasteiger partial charge on any atom is -0.383 e. The van der Waals surface area contributed by atoms with Gasteiger partial charge in [-0.05, 0) is 6.42 Å². The number of hydrogen-bond donors (Lipinski definition) is 2. The molecule has 0 bridgehead atoms. The topological polar surface area (TPSA) is 68.9 Å². The molecule has 0 amide bonds. The monoisotopic (exact) mass is 217 g/mol. The van der Waals surface area contributed by atoms with E-state index in [0.29, 0.717) is 32.3 Å². The van der Waals surface area contributed by atoms with E-state index in [0.717, 1.165) is 19.4 Å². The molecule has 0 aromatic rings. The lowest BCUT2D eigenvalue weighted by Gasteiger charge is -2.04. The van der Waals surface area contributed by atoms with Gasteiger partial charge in [0, 0.05) is 20.3 Å². The fourth-order valence-electron chi connectivity index (χ4n) is 0.916. The van der Waals surface area contributed by atoms with Gasteiger partial charge in [0.2, 0.25) is 0 Å². The Hall–Kier alpha value is -0.810. The van der Waals surface area contributed by atoms with Crippen molar-refractivity contribution in [2.24, 2.45) is 10.7 Å². The fourth-order valence-corrected chi connectivity index (χ4v) is 0.916. The second-order valence-electron chi connectivity index (χ2n) is 3.15. The van der Waals surface area contributed by atoms with Gasteiger partial charge in [-0.25, -0.2) is 0 Å². The van der Waals surface area contributed by atoms with Crippen molar-refractivity contribution in [2.75, 3.05) is 40.0 Å². The Morgan fingerprint density at radius 3 is 2.80 bits per heavy atom. The highest BCUT2D eigenvalue weighted by Crippen LogP contribution is 1.87. The molecule has 0 aliphatic heterocycles. The Morgan fingerprint density at radius 2 is 2.13 bits per heavy atom. The summed E-state index contributed by atoms with van der Waals surface area (Å²) in [6.07, 6.45) is 2.26. The zero-order valence-electron chi connectivity index (χ0n) is 9.79. The third-order valence-electron chi connectivity index (χ3n) is 1.77. The molecule has 0 spiro atoms. The average Bonchev–Trinajstić information content (AvgIpc) is 2.23. The van der Waals surface area contributed by atoms with Gasteiger partial charge < -0.3 is 20.5 Å². The molecule has 5 nitrogen and oxygen atoms in total. The van der Waals surface area contributed by atoms with E-state index in [1.54, 1.807) is 7.11 Å².